The van der Waals surface area contributed by atoms with Gasteiger partial charge in [0.25, 0.3) is 0 Å². The first-order valence-electron chi connectivity index (χ1n) is 4.57. The van der Waals surface area contributed by atoms with Gasteiger partial charge in [0.15, 0.2) is 5.27 Å². The fourth-order valence-corrected chi connectivity index (χ4v) is 1.32. The van der Waals surface area contributed by atoms with Crippen molar-refractivity contribution in [2.45, 2.75) is 12.6 Å². The van der Waals surface area contributed by atoms with Gasteiger partial charge in [-0.25, -0.2) is 0 Å². The molecule has 1 unspecified atom stereocenters. The highest BCUT2D eigenvalue weighted by Gasteiger charge is 2.15. The fourth-order valence-electron chi connectivity index (χ4n) is 1.32. The summed E-state index contributed by atoms with van der Waals surface area (Å²) in [6.07, 6.45) is 0.785. The summed E-state index contributed by atoms with van der Waals surface area (Å²) in [6, 6.07) is 9.30. The predicted molar refractivity (Wildman–Crippen MR) is 52.1 cm³/mol. The van der Waals surface area contributed by atoms with Crippen LogP contribution in [0.1, 0.15) is 11.7 Å². The van der Waals surface area contributed by atoms with E-state index in [9.17, 15) is 5.11 Å². The monoisotopic (exact) mass is 205 g/mol. The Kier molecular flexibility index (Phi) is 2.64. The Morgan fingerprint density at radius 2 is 2.13 bits per heavy atom. The van der Waals surface area contributed by atoms with Gasteiger partial charge >= 0.3 is 0 Å². The number of aromatic nitrogens is 2. The van der Waals surface area contributed by atoms with Gasteiger partial charge in [0, 0.05) is 0 Å². The van der Waals surface area contributed by atoms with Gasteiger partial charge in [-0.15, -0.1) is 0 Å². The van der Waals surface area contributed by atoms with Crippen LogP contribution in [0, 0.1) is 0 Å². The molecule has 0 aliphatic carbocycles. The Balaban J connectivity index is 2.07. The van der Waals surface area contributed by atoms with E-state index in [0.29, 0.717) is 0 Å². The first-order valence-corrected chi connectivity index (χ1v) is 4.57. The average molecular weight is 205 g/mol. The van der Waals surface area contributed by atoms with Crippen LogP contribution in [-0.2, 0) is 6.54 Å². The van der Waals surface area contributed by atoms with E-state index in [1.54, 1.807) is 0 Å². The van der Waals surface area contributed by atoms with E-state index in [0.717, 1.165) is 5.56 Å². The maximum Gasteiger partial charge on any atom is 0.222 e. The lowest BCUT2D eigenvalue weighted by Crippen LogP contribution is -2.37. The molecule has 0 saturated heterocycles. The summed E-state index contributed by atoms with van der Waals surface area (Å²) < 4.78 is 5.97. The SMILES string of the molecule is [NH-]c1c[n+](CC(O)c2ccccc2)no1. The lowest BCUT2D eigenvalue weighted by molar-refractivity contribution is -0.768. The van der Waals surface area contributed by atoms with Crippen molar-refractivity contribution in [3.63, 3.8) is 0 Å². The van der Waals surface area contributed by atoms with Gasteiger partial charge in [-0.05, 0) is 5.56 Å². The standard InChI is InChI=1S/C10H11N3O2/c11-10-7-13(12-15-10)6-9(14)8-4-2-1-3-5-8/h1-5,7,9,11,14H,6H2. The predicted octanol–water partition coefficient (Wildman–Crippen LogP) is 1.38. The highest BCUT2D eigenvalue weighted by atomic mass is 16.5. The average Bonchev–Trinajstić information content (AvgIpc) is 2.65. The zero-order valence-corrected chi connectivity index (χ0v) is 8.00. The molecule has 0 spiro atoms. The molecule has 2 N–H and O–H groups in total. The molecule has 0 aliphatic rings. The minimum atomic E-state index is -0.638. The number of hydrogen-bond donors (Lipinski definition) is 1. The van der Waals surface area contributed by atoms with Gasteiger partial charge in [0.2, 0.25) is 12.7 Å². The van der Waals surface area contributed by atoms with Gasteiger partial charge < -0.3 is 15.4 Å². The smallest absolute Gasteiger partial charge is 0.222 e. The highest BCUT2D eigenvalue weighted by molar-refractivity contribution is 5.19. The van der Waals surface area contributed by atoms with Crippen LogP contribution in [0.4, 0.5) is 5.88 Å². The summed E-state index contributed by atoms with van der Waals surface area (Å²) in [5.41, 5.74) is 7.95. The summed E-state index contributed by atoms with van der Waals surface area (Å²) >= 11 is 0. The van der Waals surface area contributed by atoms with E-state index < -0.39 is 6.10 Å². The molecule has 0 amide bonds. The van der Waals surface area contributed by atoms with Crippen LogP contribution in [-0.4, -0.2) is 10.4 Å². The van der Waals surface area contributed by atoms with E-state index in [4.69, 9.17) is 5.73 Å². The van der Waals surface area contributed by atoms with Crippen molar-refractivity contribution in [3.8, 4) is 0 Å². The number of rotatable bonds is 3. The molecule has 5 heteroatoms. The van der Waals surface area contributed by atoms with Crippen molar-refractivity contribution in [2.75, 3.05) is 0 Å². The number of nitrogens with one attached hydrogen (secondary N) is 1. The summed E-state index contributed by atoms with van der Waals surface area (Å²) in [6.45, 7) is 0.284. The Morgan fingerprint density at radius 1 is 1.40 bits per heavy atom. The van der Waals surface area contributed by atoms with Gasteiger partial charge in [0.1, 0.15) is 12.0 Å². The van der Waals surface area contributed by atoms with E-state index in [2.05, 4.69) is 9.79 Å². The van der Waals surface area contributed by atoms with Crippen LogP contribution < -0.4 is 4.68 Å². The first kappa shape index (κ1) is 9.67. The number of aliphatic hydroxyl groups is 1. The fraction of sp³-hybridized carbons (Fsp3) is 0.200. The Morgan fingerprint density at radius 3 is 2.73 bits per heavy atom. The van der Waals surface area contributed by atoms with E-state index >= 15 is 0 Å². The molecular weight excluding hydrogens is 194 g/mol. The summed E-state index contributed by atoms with van der Waals surface area (Å²) in [7, 11) is 0. The maximum absolute atomic E-state index is 9.82. The second-order valence-electron chi connectivity index (χ2n) is 3.21. The quantitative estimate of drug-likeness (QED) is 0.769. The Hall–Kier alpha value is -1.88. The van der Waals surface area contributed by atoms with E-state index in [1.807, 2.05) is 30.3 Å². The summed E-state index contributed by atoms with van der Waals surface area (Å²) in [4.78, 5) is 0. The van der Waals surface area contributed by atoms with Crippen LogP contribution in [0.5, 0.6) is 0 Å². The molecule has 5 nitrogen and oxygen atoms in total. The van der Waals surface area contributed by atoms with Gasteiger partial charge in [-0.1, -0.05) is 35.0 Å². The van der Waals surface area contributed by atoms with Crippen molar-refractivity contribution < 1.29 is 14.3 Å². The van der Waals surface area contributed by atoms with Gasteiger partial charge in [-0.2, -0.15) is 0 Å². The normalized spacial score (nSPS) is 12.6. The van der Waals surface area contributed by atoms with Crippen molar-refractivity contribution in [1.29, 1.82) is 0 Å². The molecule has 1 aromatic heterocycles. The third-order valence-corrected chi connectivity index (χ3v) is 2.05. The van der Waals surface area contributed by atoms with Crippen LogP contribution in [0.25, 0.3) is 5.73 Å². The molecule has 15 heavy (non-hydrogen) atoms. The van der Waals surface area contributed by atoms with Crippen LogP contribution in [0.3, 0.4) is 0 Å². The molecule has 2 aromatic rings. The topological polar surface area (TPSA) is 73.9 Å². The van der Waals surface area contributed by atoms with Crippen molar-refractivity contribution in [2.24, 2.45) is 0 Å². The third-order valence-electron chi connectivity index (χ3n) is 2.05. The molecule has 1 aromatic carbocycles. The van der Waals surface area contributed by atoms with Crippen molar-refractivity contribution >= 4 is 5.88 Å². The second-order valence-corrected chi connectivity index (χ2v) is 3.21. The Bertz CT molecular complexity index is 427. The lowest BCUT2D eigenvalue weighted by Gasteiger charge is -2.04. The number of nitrogens with zero attached hydrogens (tertiary/aromatic N) is 2. The summed E-state index contributed by atoms with van der Waals surface area (Å²) in [5, 5.41) is 13.4. The first-order chi connectivity index (χ1) is 7.25. The lowest BCUT2D eigenvalue weighted by atomic mass is 10.1. The molecule has 0 fully saturated rings. The second kappa shape index (κ2) is 4.10. The minimum Gasteiger partial charge on any atom is -0.660 e. The van der Waals surface area contributed by atoms with Crippen molar-refractivity contribution in [3.05, 3.63) is 47.8 Å². The van der Waals surface area contributed by atoms with Gasteiger partial charge in [0.05, 0.1) is 0 Å². The maximum atomic E-state index is 9.82. The molecular formula is C10H11N3O2. The number of hydrogen-bond acceptors (Lipinski definition) is 3. The van der Waals surface area contributed by atoms with Gasteiger partial charge in [-0.3, -0.25) is 0 Å². The molecule has 78 valence electrons. The molecule has 1 atom stereocenters. The number of benzene rings is 1. The molecule has 0 bridgehead atoms. The zero-order valence-electron chi connectivity index (χ0n) is 8.00. The Labute approximate surface area is 86.7 Å². The highest BCUT2D eigenvalue weighted by Crippen LogP contribution is 2.12. The molecule has 0 saturated carbocycles. The van der Waals surface area contributed by atoms with Crippen LogP contribution in [0.2, 0.25) is 0 Å². The molecule has 0 radical (unpaired) electrons. The molecule has 1 heterocycles. The third kappa shape index (κ3) is 2.32. The zero-order chi connectivity index (χ0) is 10.7. The molecule has 0 aliphatic heterocycles. The van der Waals surface area contributed by atoms with Crippen molar-refractivity contribution in [1.82, 2.24) is 5.27 Å². The molecule has 2 rings (SSSR count). The minimum absolute atomic E-state index is 0.0183. The number of aliphatic hydroxyl groups excluding tert-OH is 1. The van der Waals surface area contributed by atoms with Crippen LogP contribution >= 0.6 is 0 Å². The van der Waals surface area contributed by atoms with Crippen LogP contribution in [0.15, 0.2) is 41.1 Å². The van der Waals surface area contributed by atoms with E-state index in [-0.39, 0.29) is 12.4 Å². The summed E-state index contributed by atoms with van der Waals surface area (Å²) in [5.74, 6) is -0.0183. The largest absolute Gasteiger partial charge is 0.660 e. The van der Waals surface area contributed by atoms with E-state index in [1.165, 1.54) is 10.9 Å².